The maximum absolute atomic E-state index is 11.8. The standard InChI is InChI=1S/C14H25NO3/c1-4-11-5-6-12(10(11)3)15-13(16)7-9(2)8-14(17)18/h9-12H,4-8H2,1-3H3,(H,15,16)(H,17,18). The van der Waals surface area contributed by atoms with E-state index in [0.717, 1.165) is 6.42 Å². The van der Waals surface area contributed by atoms with Crippen LogP contribution in [-0.4, -0.2) is 23.0 Å². The van der Waals surface area contributed by atoms with Crippen LogP contribution in [-0.2, 0) is 9.59 Å². The Morgan fingerprint density at radius 3 is 2.50 bits per heavy atom. The molecule has 0 bridgehead atoms. The van der Waals surface area contributed by atoms with Gasteiger partial charge in [0.2, 0.25) is 5.91 Å². The van der Waals surface area contributed by atoms with Gasteiger partial charge in [0.05, 0.1) is 0 Å². The predicted molar refractivity (Wildman–Crippen MR) is 70.1 cm³/mol. The lowest BCUT2D eigenvalue weighted by Crippen LogP contribution is -2.38. The Kier molecular flexibility index (Phi) is 5.63. The molecule has 4 unspecified atom stereocenters. The fourth-order valence-electron chi connectivity index (χ4n) is 2.98. The van der Waals surface area contributed by atoms with Crippen molar-refractivity contribution in [2.45, 2.75) is 58.9 Å². The number of amides is 1. The molecule has 104 valence electrons. The molecule has 1 aliphatic rings. The van der Waals surface area contributed by atoms with E-state index in [1.54, 1.807) is 6.92 Å². The fourth-order valence-corrected chi connectivity index (χ4v) is 2.98. The number of carboxylic acids is 1. The Hall–Kier alpha value is -1.06. The number of rotatable bonds is 6. The lowest BCUT2D eigenvalue weighted by atomic mass is 9.93. The van der Waals surface area contributed by atoms with Crippen LogP contribution in [0.3, 0.4) is 0 Å². The van der Waals surface area contributed by atoms with E-state index >= 15 is 0 Å². The monoisotopic (exact) mass is 255 g/mol. The zero-order valence-corrected chi connectivity index (χ0v) is 11.6. The summed E-state index contributed by atoms with van der Waals surface area (Å²) in [6.07, 6.45) is 3.78. The van der Waals surface area contributed by atoms with Crippen LogP contribution < -0.4 is 5.32 Å². The zero-order valence-electron chi connectivity index (χ0n) is 11.6. The van der Waals surface area contributed by atoms with Crippen molar-refractivity contribution in [2.75, 3.05) is 0 Å². The minimum Gasteiger partial charge on any atom is -0.481 e. The number of hydrogen-bond acceptors (Lipinski definition) is 2. The molecule has 0 aromatic rings. The Labute approximate surface area is 109 Å². The third kappa shape index (κ3) is 4.31. The Balaban J connectivity index is 2.34. The van der Waals surface area contributed by atoms with Gasteiger partial charge < -0.3 is 10.4 Å². The highest BCUT2D eigenvalue weighted by Gasteiger charge is 2.32. The molecule has 2 N–H and O–H groups in total. The highest BCUT2D eigenvalue weighted by Crippen LogP contribution is 2.33. The van der Waals surface area contributed by atoms with Gasteiger partial charge >= 0.3 is 5.97 Å². The van der Waals surface area contributed by atoms with E-state index in [9.17, 15) is 9.59 Å². The van der Waals surface area contributed by atoms with Crippen LogP contribution in [0.1, 0.15) is 52.9 Å². The molecule has 0 aliphatic heterocycles. The molecule has 0 spiro atoms. The van der Waals surface area contributed by atoms with Gasteiger partial charge in [-0.2, -0.15) is 0 Å². The number of hydrogen-bond donors (Lipinski definition) is 2. The van der Waals surface area contributed by atoms with E-state index in [1.807, 2.05) is 0 Å². The molecule has 0 saturated heterocycles. The summed E-state index contributed by atoms with van der Waals surface area (Å²) in [5.41, 5.74) is 0. The molecule has 4 nitrogen and oxygen atoms in total. The van der Waals surface area contributed by atoms with Gasteiger partial charge in [-0.3, -0.25) is 9.59 Å². The zero-order chi connectivity index (χ0) is 13.7. The average molecular weight is 255 g/mol. The second-order valence-corrected chi connectivity index (χ2v) is 5.69. The van der Waals surface area contributed by atoms with Crippen molar-refractivity contribution < 1.29 is 14.7 Å². The van der Waals surface area contributed by atoms with E-state index in [2.05, 4.69) is 19.2 Å². The average Bonchev–Trinajstić information content (AvgIpc) is 2.58. The van der Waals surface area contributed by atoms with Crippen molar-refractivity contribution in [2.24, 2.45) is 17.8 Å². The molecule has 1 amide bonds. The number of carboxylic acid groups (broad SMARTS) is 1. The summed E-state index contributed by atoms with van der Waals surface area (Å²) < 4.78 is 0. The third-order valence-corrected chi connectivity index (χ3v) is 4.15. The van der Waals surface area contributed by atoms with Crippen molar-refractivity contribution in [1.82, 2.24) is 5.32 Å². The van der Waals surface area contributed by atoms with E-state index in [1.165, 1.54) is 12.8 Å². The van der Waals surface area contributed by atoms with E-state index in [4.69, 9.17) is 5.11 Å². The molecule has 1 rings (SSSR count). The van der Waals surface area contributed by atoms with Crippen LogP contribution in [0.4, 0.5) is 0 Å². The summed E-state index contributed by atoms with van der Waals surface area (Å²) in [6.45, 7) is 6.20. The van der Waals surface area contributed by atoms with Gasteiger partial charge in [-0.15, -0.1) is 0 Å². The number of carbonyl (C=O) groups is 2. The third-order valence-electron chi connectivity index (χ3n) is 4.15. The predicted octanol–water partition coefficient (Wildman–Crippen LogP) is 2.43. The minimum absolute atomic E-state index is 0.00245. The highest BCUT2D eigenvalue weighted by molar-refractivity contribution is 5.77. The van der Waals surface area contributed by atoms with Crippen molar-refractivity contribution in [3.8, 4) is 0 Å². The van der Waals surface area contributed by atoms with Crippen LogP contribution in [0.5, 0.6) is 0 Å². The Bertz CT molecular complexity index is 303. The first-order chi connectivity index (χ1) is 8.43. The maximum Gasteiger partial charge on any atom is 0.303 e. The van der Waals surface area contributed by atoms with Gasteiger partial charge in [0.15, 0.2) is 0 Å². The molecule has 4 atom stereocenters. The summed E-state index contributed by atoms with van der Waals surface area (Å²) in [4.78, 5) is 22.4. The van der Waals surface area contributed by atoms with Crippen molar-refractivity contribution >= 4 is 11.9 Å². The molecule has 0 aromatic carbocycles. The van der Waals surface area contributed by atoms with Gasteiger partial charge in [-0.05, 0) is 30.6 Å². The van der Waals surface area contributed by atoms with Gasteiger partial charge in [-0.25, -0.2) is 0 Å². The summed E-state index contributed by atoms with van der Waals surface area (Å²) in [5.74, 6) is 0.314. The molecule has 1 aliphatic carbocycles. The first kappa shape index (κ1) is 15.0. The van der Waals surface area contributed by atoms with Crippen LogP contribution in [0, 0.1) is 17.8 Å². The summed E-state index contributed by atoms with van der Waals surface area (Å²) in [5, 5.41) is 11.7. The Morgan fingerprint density at radius 1 is 1.33 bits per heavy atom. The van der Waals surface area contributed by atoms with Crippen molar-refractivity contribution in [3.05, 3.63) is 0 Å². The van der Waals surface area contributed by atoms with E-state index in [-0.39, 0.29) is 24.3 Å². The highest BCUT2D eigenvalue weighted by atomic mass is 16.4. The van der Waals surface area contributed by atoms with Crippen LogP contribution in [0.25, 0.3) is 0 Å². The number of aliphatic carboxylic acids is 1. The summed E-state index contributed by atoms with van der Waals surface area (Å²) >= 11 is 0. The SMILES string of the molecule is CCC1CCC(NC(=O)CC(C)CC(=O)O)C1C. The molecular weight excluding hydrogens is 230 g/mol. The smallest absolute Gasteiger partial charge is 0.303 e. The maximum atomic E-state index is 11.8. The van der Waals surface area contributed by atoms with Crippen molar-refractivity contribution in [3.63, 3.8) is 0 Å². The second-order valence-electron chi connectivity index (χ2n) is 5.69. The lowest BCUT2D eigenvalue weighted by Gasteiger charge is -2.21. The number of nitrogens with one attached hydrogen (secondary N) is 1. The van der Waals surface area contributed by atoms with Crippen LogP contribution in [0.15, 0.2) is 0 Å². The molecule has 0 radical (unpaired) electrons. The van der Waals surface area contributed by atoms with Gasteiger partial charge in [0.1, 0.15) is 0 Å². The molecule has 1 saturated carbocycles. The molecule has 4 heteroatoms. The van der Waals surface area contributed by atoms with Gasteiger partial charge in [0.25, 0.3) is 0 Å². The van der Waals surface area contributed by atoms with Gasteiger partial charge in [-0.1, -0.05) is 27.2 Å². The number of carbonyl (C=O) groups excluding carboxylic acids is 1. The first-order valence-corrected chi connectivity index (χ1v) is 6.95. The molecule has 18 heavy (non-hydrogen) atoms. The van der Waals surface area contributed by atoms with Crippen molar-refractivity contribution in [1.29, 1.82) is 0 Å². The topological polar surface area (TPSA) is 66.4 Å². The van der Waals surface area contributed by atoms with Crippen LogP contribution in [0.2, 0.25) is 0 Å². The minimum atomic E-state index is -0.837. The second kappa shape index (κ2) is 6.76. The van der Waals surface area contributed by atoms with Crippen LogP contribution >= 0.6 is 0 Å². The lowest BCUT2D eigenvalue weighted by molar-refractivity contribution is -0.138. The molecule has 1 fully saturated rings. The molecular formula is C14H25NO3. The summed E-state index contributed by atoms with van der Waals surface area (Å²) in [6, 6.07) is 0.277. The van der Waals surface area contributed by atoms with E-state index < -0.39 is 5.97 Å². The molecule has 0 heterocycles. The van der Waals surface area contributed by atoms with Gasteiger partial charge in [0, 0.05) is 18.9 Å². The van der Waals surface area contributed by atoms with E-state index in [0.29, 0.717) is 18.3 Å². The summed E-state index contributed by atoms with van der Waals surface area (Å²) in [7, 11) is 0. The Morgan fingerprint density at radius 2 is 2.00 bits per heavy atom. The fraction of sp³-hybridized carbons (Fsp3) is 0.857. The largest absolute Gasteiger partial charge is 0.481 e. The quantitative estimate of drug-likeness (QED) is 0.766. The first-order valence-electron chi connectivity index (χ1n) is 6.95. The molecule has 0 aromatic heterocycles. The normalized spacial score (nSPS) is 28.9.